The third-order valence-electron chi connectivity index (χ3n) is 2.56. The van der Waals surface area contributed by atoms with Crippen molar-refractivity contribution in [3.05, 3.63) is 0 Å². The van der Waals surface area contributed by atoms with E-state index in [2.05, 4.69) is 15.4 Å². The van der Waals surface area contributed by atoms with Gasteiger partial charge in [-0.25, -0.2) is 9.59 Å². The third kappa shape index (κ3) is 5.51. The minimum atomic E-state index is -0.625. The minimum absolute atomic E-state index is 0.00439. The quantitative estimate of drug-likeness (QED) is 0.613. The number of aliphatic imine (C=N–C) groups is 1. The van der Waals surface area contributed by atoms with E-state index in [-0.39, 0.29) is 24.7 Å². The molecule has 0 unspecified atom stereocenters. The van der Waals surface area contributed by atoms with Gasteiger partial charge in [-0.3, -0.25) is 14.7 Å². The first-order valence-corrected chi connectivity index (χ1v) is 6.71. The molecule has 22 heavy (non-hydrogen) atoms. The Labute approximate surface area is 129 Å². The number of imide groups is 1. The summed E-state index contributed by atoms with van der Waals surface area (Å²) in [7, 11) is 2.94. The molecule has 0 aromatic carbocycles. The Bertz CT molecular complexity index is 521. The maximum atomic E-state index is 11.5. The number of amidine groups is 1. The van der Waals surface area contributed by atoms with Gasteiger partial charge in [-0.2, -0.15) is 10.1 Å². The van der Waals surface area contributed by atoms with Crippen LogP contribution in [-0.2, 0) is 9.53 Å². The molecule has 0 spiro atoms. The molecule has 0 aromatic heterocycles. The van der Waals surface area contributed by atoms with E-state index in [1.165, 1.54) is 18.3 Å². The second-order valence-corrected chi connectivity index (χ2v) is 5.64. The number of alkyl carbamates (subject to hydrolysis) is 1. The van der Waals surface area contributed by atoms with Crippen molar-refractivity contribution in [1.82, 2.24) is 15.2 Å². The molecule has 4 amide bonds. The molecule has 1 heterocycles. The lowest BCUT2D eigenvalue weighted by Gasteiger charge is -2.22. The van der Waals surface area contributed by atoms with Crippen molar-refractivity contribution in [3.63, 3.8) is 0 Å². The van der Waals surface area contributed by atoms with E-state index >= 15 is 0 Å². The summed E-state index contributed by atoms with van der Waals surface area (Å²) < 4.78 is 5.06. The highest BCUT2D eigenvalue weighted by Crippen LogP contribution is 2.08. The second kappa shape index (κ2) is 7.01. The van der Waals surface area contributed by atoms with Crippen LogP contribution in [0.4, 0.5) is 9.59 Å². The third-order valence-corrected chi connectivity index (χ3v) is 2.56. The van der Waals surface area contributed by atoms with E-state index < -0.39 is 17.7 Å². The molecule has 0 radical (unpaired) electrons. The first-order valence-electron chi connectivity index (χ1n) is 6.71. The lowest BCUT2D eigenvalue weighted by atomic mass is 10.2. The fourth-order valence-corrected chi connectivity index (χ4v) is 1.45. The number of rotatable bonds is 3. The molecule has 1 aliphatic rings. The molecule has 0 fully saturated rings. The summed E-state index contributed by atoms with van der Waals surface area (Å²) >= 11 is 0. The molecule has 1 aliphatic heterocycles. The highest BCUT2D eigenvalue weighted by atomic mass is 16.6. The lowest BCUT2D eigenvalue weighted by Crippen LogP contribution is -2.41. The van der Waals surface area contributed by atoms with Gasteiger partial charge in [-0.1, -0.05) is 0 Å². The smallest absolute Gasteiger partial charge is 0.407 e. The summed E-state index contributed by atoms with van der Waals surface area (Å²) in [5.74, 6) is -0.0921. The Morgan fingerprint density at radius 3 is 2.68 bits per heavy atom. The van der Waals surface area contributed by atoms with Crippen molar-refractivity contribution in [1.29, 1.82) is 0 Å². The van der Waals surface area contributed by atoms with Crippen LogP contribution in [-0.4, -0.2) is 66.2 Å². The average Bonchev–Trinajstić information content (AvgIpc) is 2.38. The van der Waals surface area contributed by atoms with Gasteiger partial charge < -0.3 is 10.1 Å². The van der Waals surface area contributed by atoms with Crippen LogP contribution in [0, 0.1) is 0 Å². The van der Waals surface area contributed by atoms with E-state index in [9.17, 15) is 14.4 Å². The van der Waals surface area contributed by atoms with Crippen LogP contribution in [0.5, 0.6) is 0 Å². The fourth-order valence-electron chi connectivity index (χ4n) is 1.45. The molecule has 0 atom stereocenters. The largest absolute Gasteiger partial charge is 0.444 e. The average molecular weight is 311 g/mol. The molecular formula is C13H21N5O4. The molecular weight excluding hydrogens is 290 g/mol. The SMILES string of the molecule is CN(/N=C/CNC(=O)OC(C)(C)C)C1=NC(=O)N(C)C(=O)C1. The van der Waals surface area contributed by atoms with Crippen LogP contribution in [0.25, 0.3) is 0 Å². The fraction of sp³-hybridized carbons (Fsp3) is 0.615. The molecule has 0 aromatic rings. The number of nitrogens with one attached hydrogen (secondary N) is 1. The molecule has 9 heteroatoms. The van der Waals surface area contributed by atoms with Crippen LogP contribution in [0.3, 0.4) is 0 Å². The van der Waals surface area contributed by atoms with Gasteiger partial charge in [0.05, 0.1) is 13.0 Å². The van der Waals surface area contributed by atoms with Crippen LogP contribution in [0.1, 0.15) is 27.2 Å². The first-order chi connectivity index (χ1) is 10.1. The van der Waals surface area contributed by atoms with E-state index in [0.29, 0.717) is 0 Å². The van der Waals surface area contributed by atoms with Crippen molar-refractivity contribution in [2.75, 3.05) is 20.6 Å². The van der Waals surface area contributed by atoms with Gasteiger partial charge in [-0.15, -0.1) is 0 Å². The summed E-state index contributed by atoms with van der Waals surface area (Å²) in [4.78, 5) is 39.1. The number of hydrogen-bond acceptors (Lipinski definition) is 6. The molecule has 122 valence electrons. The number of carbonyl (C=O) groups is 3. The van der Waals surface area contributed by atoms with E-state index in [0.717, 1.165) is 4.90 Å². The monoisotopic (exact) mass is 311 g/mol. The summed E-state index contributed by atoms with van der Waals surface area (Å²) in [5, 5.41) is 7.82. The standard InChI is InChI=1S/C13H21N5O4/c1-13(2,3)22-12(21)14-6-7-15-18(5)9-8-10(19)17(4)11(20)16-9/h7H,6,8H2,1-5H3,(H,14,21)/b15-7+. The van der Waals surface area contributed by atoms with Crippen molar-refractivity contribution < 1.29 is 19.1 Å². The number of hydrazone groups is 1. The van der Waals surface area contributed by atoms with Crippen molar-refractivity contribution >= 4 is 30.1 Å². The van der Waals surface area contributed by atoms with Gasteiger partial charge in [0, 0.05) is 20.3 Å². The van der Waals surface area contributed by atoms with Crippen LogP contribution in [0.2, 0.25) is 0 Å². The van der Waals surface area contributed by atoms with Gasteiger partial charge in [0.15, 0.2) is 0 Å². The minimum Gasteiger partial charge on any atom is -0.444 e. The maximum Gasteiger partial charge on any atom is 0.407 e. The van der Waals surface area contributed by atoms with Gasteiger partial charge in [0.25, 0.3) is 0 Å². The Balaban J connectivity index is 2.47. The van der Waals surface area contributed by atoms with Crippen molar-refractivity contribution in [2.24, 2.45) is 10.1 Å². The summed E-state index contributed by atoms with van der Waals surface area (Å²) in [6, 6.07) is -0.625. The molecule has 1 N–H and O–H groups in total. The van der Waals surface area contributed by atoms with Crippen molar-refractivity contribution in [3.8, 4) is 0 Å². The van der Waals surface area contributed by atoms with Crippen LogP contribution < -0.4 is 5.32 Å². The normalized spacial score (nSPS) is 15.9. The number of amides is 4. The van der Waals surface area contributed by atoms with Gasteiger partial charge in [0.1, 0.15) is 11.4 Å². The Kier molecular flexibility index (Phi) is 5.61. The number of ether oxygens (including phenoxy) is 1. The van der Waals surface area contributed by atoms with E-state index in [4.69, 9.17) is 4.74 Å². The van der Waals surface area contributed by atoms with Gasteiger partial charge in [-0.05, 0) is 20.8 Å². The molecule has 0 saturated heterocycles. The predicted octanol–water partition coefficient (Wildman–Crippen LogP) is 0.809. The Hall–Kier alpha value is -2.45. The van der Waals surface area contributed by atoms with Crippen LogP contribution >= 0.6 is 0 Å². The molecule has 9 nitrogen and oxygen atoms in total. The Morgan fingerprint density at radius 2 is 2.14 bits per heavy atom. The predicted molar refractivity (Wildman–Crippen MR) is 80.7 cm³/mol. The van der Waals surface area contributed by atoms with E-state index in [1.54, 1.807) is 27.8 Å². The van der Waals surface area contributed by atoms with Crippen LogP contribution in [0.15, 0.2) is 10.1 Å². The molecule has 1 rings (SSSR count). The number of nitrogens with zero attached hydrogens (tertiary/aromatic N) is 4. The maximum absolute atomic E-state index is 11.5. The molecule has 0 aliphatic carbocycles. The summed E-state index contributed by atoms with van der Waals surface area (Å²) in [6.45, 7) is 5.44. The second-order valence-electron chi connectivity index (χ2n) is 5.64. The first kappa shape index (κ1) is 17.6. The topological polar surface area (TPSA) is 104 Å². The Morgan fingerprint density at radius 1 is 1.50 bits per heavy atom. The zero-order chi connectivity index (χ0) is 16.9. The van der Waals surface area contributed by atoms with E-state index in [1.807, 2.05) is 0 Å². The van der Waals surface area contributed by atoms with Crippen molar-refractivity contribution in [2.45, 2.75) is 32.8 Å². The summed E-state index contributed by atoms with van der Waals surface area (Å²) in [5.41, 5.74) is -0.568. The number of urea groups is 1. The highest BCUT2D eigenvalue weighted by Gasteiger charge is 2.26. The number of hydrogen-bond donors (Lipinski definition) is 1. The summed E-state index contributed by atoms with van der Waals surface area (Å²) in [6.07, 6.45) is 0.860. The molecule has 0 bridgehead atoms. The lowest BCUT2D eigenvalue weighted by molar-refractivity contribution is -0.126. The number of carbonyl (C=O) groups excluding carboxylic acids is 3. The zero-order valence-corrected chi connectivity index (χ0v) is 13.4. The zero-order valence-electron chi connectivity index (χ0n) is 13.4. The molecule has 0 saturated carbocycles. The van der Waals surface area contributed by atoms with Gasteiger partial charge in [0.2, 0.25) is 5.91 Å². The highest BCUT2D eigenvalue weighted by molar-refractivity contribution is 6.13. The van der Waals surface area contributed by atoms with Gasteiger partial charge >= 0.3 is 12.1 Å².